The fourth-order valence-electron chi connectivity index (χ4n) is 1.88. The number of carboxylic acid groups (broad SMARTS) is 1. The van der Waals surface area contributed by atoms with Gasteiger partial charge in [0.05, 0.1) is 12.2 Å². The van der Waals surface area contributed by atoms with Crippen LogP contribution in [0.2, 0.25) is 0 Å². The molecular formula is C10H17NO3S. The first-order chi connectivity index (χ1) is 7.08. The standard InChI is InChI=1S/C10H17NO3S/c1-15-6-8(12)11-7-10(3-2-4-10)5-9(13)14/h2-7H2,1H3,(H,11,12)(H,13,14). The van der Waals surface area contributed by atoms with Gasteiger partial charge >= 0.3 is 5.97 Å². The van der Waals surface area contributed by atoms with E-state index in [4.69, 9.17) is 5.11 Å². The van der Waals surface area contributed by atoms with E-state index >= 15 is 0 Å². The minimum Gasteiger partial charge on any atom is -0.481 e. The molecular weight excluding hydrogens is 214 g/mol. The summed E-state index contributed by atoms with van der Waals surface area (Å²) in [6, 6.07) is 0. The highest BCUT2D eigenvalue weighted by molar-refractivity contribution is 7.99. The van der Waals surface area contributed by atoms with Gasteiger partial charge in [0.2, 0.25) is 5.91 Å². The Kier molecular flexibility index (Phi) is 4.45. The quantitative estimate of drug-likeness (QED) is 0.718. The topological polar surface area (TPSA) is 66.4 Å². The van der Waals surface area contributed by atoms with E-state index in [0.717, 1.165) is 19.3 Å². The third-order valence-corrected chi connectivity index (χ3v) is 3.43. The molecule has 2 N–H and O–H groups in total. The van der Waals surface area contributed by atoms with Crippen molar-refractivity contribution in [3.8, 4) is 0 Å². The highest BCUT2D eigenvalue weighted by Gasteiger charge is 2.39. The number of rotatable bonds is 6. The van der Waals surface area contributed by atoms with Crippen molar-refractivity contribution in [2.24, 2.45) is 5.41 Å². The van der Waals surface area contributed by atoms with Crippen LogP contribution in [0.4, 0.5) is 0 Å². The van der Waals surface area contributed by atoms with Gasteiger partial charge in [-0.2, -0.15) is 11.8 Å². The molecule has 0 spiro atoms. The van der Waals surface area contributed by atoms with E-state index in [1.807, 2.05) is 6.26 Å². The second-order valence-electron chi connectivity index (χ2n) is 4.13. The van der Waals surface area contributed by atoms with Crippen LogP contribution in [-0.2, 0) is 9.59 Å². The first kappa shape index (κ1) is 12.4. The maximum Gasteiger partial charge on any atom is 0.303 e. The zero-order valence-corrected chi connectivity index (χ0v) is 9.73. The lowest BCUT2D eigenvalue weighted by Crippen LogP contribution is -2.44. The largest absolute Gasteiger partial charge is 0.481 e. The second-order valence-corrected chi connectivity index (χ2v) is 5.00. The Morgan fingerprint density at radius 3 is 2.53 bits per heavy atom. The van der Waals surface area contributed by atoms with Gasteiger partial charge in [-0.05, 0) is 24.5 Å². The molecule has 1 amide bonds. The maximum absolute atomic E-state index is 11.2. The van der Waals surface area contributed by atoms with Crippen LogP contribution in [-0.4, -0.2) is 35.5 Å². The van der Waals surface area contributed by atoms with Crippen molar-refractivity contribution in [3.05, 3.63) is 0 Å². The van der Waals surface area contributed by atoms with Crippen molar-refractivity contribution in [2.45, 2.75) is 25.7 Å². The van der Waals surface area contributed by atoms with Crippen LogP contribution in [0.3, 0.4) is 0 Å². The summed E-state index contributed by atoms with van der Waals surface area (Å²) in [4.78, 5) is 21.9. The lowest BCUT2D eigenvalue weighted by atomic mass is 9.66. The van der Waals surface area contributed by atoms with Crippen molar-refractivity contribution < 1.29 is 14.7 Å². The molecule has 0 heterocycles. The van der Waals surface area contributed by atoms with Crippen LogP contribution >= 0.6 is 11.8 Å². The average Bonchev–Trinajstić information content (AvgIpc) is 2.09. The van der Waals surface area contributed by atoms with Gasteiger partial charge in [-0.1, -0.05) is 6.42 Å². The van der Waals surface area contributed by atoms with Crippen LogP contribution in [0.15, 0.2) is 0 Å². The van der Waals surface area contributed by atoms with E-state index in [0.29, 0.717) is 12.3 Å². The summed E-state index contributed by atoms with van der Waals surface area (Å²) in [5.41, 5.74) is -0.167. The molecule has 0 aromatic rings. The lowest BCUT2D eigenvalue weighted by molar-refractivity contribution is -0.141. The Bertz CT molecular complexity index is 251. The average molecular weight is 231 g/mol. The van der Waals surface area contributed by atoms with E-state index in [1.54, 1.807) is 0 Å². The second kappa shape index (κ2) is 5.39. The van der Waals surface area contributed by atoms with Crippen molar-refractivity contribution in [2.75, 3.05) is 18.6 Å². The number of nitrogens with one attached hydrogen (secondary N) is 1. The lowest BCUT2D eigenvalue weighted by Gasteiger charge is -2.40. The van der Waals surface area contributed by atoms with E-state index in [1.165, 1.54) is 11.8 Å². The molecule has 86 valence electrons. The molecule has 0 unspecified atom stereocenters. The van der Waals surface area contributed by atoms with Crippen LogP contribution in [0, 0.1) is 5.41 Å². The predicted octanol–water partition coefficient (Wildman–Crippen LogP) is 1.11. The first-order valence-corrected chi connectivity index (χ1v) is 6.45. The molecule has 4 nitrogen and oxygen atoms in total. The Morgan fingerprint density at radius 2 is 2.13 bits per heavy atom. The Balaban J connectivity index is 2.33. The zero-order chi connectivity index (χ0) is 11.3. The molecule has 0 atom stereocenters. The van der Waals surface area contributed by atoms with Gasteiger partial charge in [0.25, 0.3) is 0 Å². The third-order valence-electron chi connectivity index (χ3n) is 2.88. The number of carbonyl (C=O) groups excluding carboxylic acids is 1. The third kappa shape index (κ3) is 3.74. The molecule has 1 aliphatic carbocycles. The van der Waals surface area contributed by atoms with Crippen molar-refractivity contribution in [1.82, 2.24) is 5.32 Å². The smallest absolute Gasteiger partial charge is 0.303 e. The number of hydrogen-bond donors (Lipinski definition) is 2. The summed E-state index contributed by atoms with van der Waals surface area (Å²) < 4.78 is 0. The highest BCUT2D eigenvalue weighted by Crippen LogP contribution is 2.43. The van der Waals surface area contributed by atoms with Gasteiger partial charge in [-0.25, -0.2) is 0 Å². The van der Waals surface area contributed by atoms with Gasteiger partial charge in [-0.15, -0.1) is 0 Å². The molecule has 0 aromatic heterocycles. The predicted molar refractivity (Wildman–Crippen MR) is 59.9 cm³/mol. The van der Waals surface area contributed by atoms with Crippen LogP contribution in [0.1, 0.15) is 25.7 Å². The first-order valence-electron chi connectivity index (χ1n) is 5.05. The molecule has 0 bridgehead atoms. The summed E-state index contributed by atoms with van der Waals surface area (Å²) in [6.07, 6.45) is 4.95. The van der Waals surface area contributed by atoms with E-state index < -0.39 is 5.97 Å². The van der Waals surface area contributed by atoms with Crippen molar-refractivity contribution in [1.29, 1.82) is 0 Å². The summed E-state index contributed by atoms with van der Waals surface area (Å²) in [5, 5.41) is 11.6. The van der Waals surface area contributed by atoms with Crippen molar-refractivity contribution >= 4 is 23.6 Å². The molecule has 1 rings (SSSR count). The van der Waals surface area contributed by atoms with Gasteiger partial charge < -0.3 is 10.4 Å². The number of amides is 1. The Morgan fingerprint density at radius 1 is 1.47 bits per heavy atom. The molecule has 1 aliphatic rings. The van der Waals surface area contributed by atoms with Crippen LogP contribution in [0.25, 0.3) is 0 Å². The molecule has 0 aliphatic heterocycles. The molecule has 15 heavy (non-hydrogen) atoms. The molecule has 0 aromatic carbocycles. The zero-order valence-electron chi connectivity index (χ0n) is 8.91. The van der Waals surface area contributed by atoms with Gasteiger partial charge in [0, 0.05) is 6.54 Å². The van der Waals surface area contributed by atoms with Crippen LogP contribution in [0.5, 0.6) is 0 Å². The van der Waals surface area contributed by atoms with E-state index in [-0.39, 0.29) is 17.7 Å². The number of hydrogen-bond acceptors (Lipinski definition) is 3. The summed E-state index contributed by atoms with van der Waals surface area (Å²) in [7, 11) is 0. The van der Waals surface area contributed by atoms with Gasteiger partial charge in [0.1, 0.15) is 0 Å². The molecule has 0 radical (unpaired) electrons. The molecule has 1 fully saturated rings. The van der Waals surface area contributed by atoms with Crippen molar-refractivity contribution in [3.63, 3.8) is 0 Å². The number of aliphatic carboxylic acids is 1. The normalized spacial score (nSPS) is 17.9. The summed E-state index contributed by atoms with van der Waals surface area (Å²) in [6.45, 7) is 0.513. The number of carbonyl (C=O) groups is 2. The Labute approximate surface area is 93.8 Å². The minimum atomic E-state index is -0.770. The van der Waals surface area contributed by atoms with Gasteiger partial charge in [-0.3, -0.25) is 9.59 Å². The molecule has 5 heteroatoms. The molecule has 1 saturated carbocycles. The fraction of sp³-hybridized carbons (Fsp3) is 0.800. The summed E-state index contributed by atoms with van der Waals surface area (Å²) in [5.74, 6) is -0.323. The Hall–Kier alpha value is -0.710. The molecule has 0 saturated heterocycles. The maximum atomic E-state index is 11.2. The number of thioether (sulfide) groups is 1. The van der Waals surface area contributed by atoms with Crippen LogP contribution < -0.4 is 5.32 Å². The van der Waals surface area contributed by atoms with E-state index in [9.17, 15) is 9.59 Å². The SMILES string of the molecule is CSCC(=O)NCC1(CC(=O)O)CCC1. The van der Waals surface area contributed by atoms with Gasteiger partial charge in [0.15, 0.2) is 0 Å². The monoisotopic (exact) mass is 231 g/mol. The van der Waals surface area contributed by atoms with E-state index in [2.05, 4.69) is 5.32 Å². The number of carboxylic acids is 1. The fourth-order valence-corrected chi connectivity index (χ4v) is 2.25. The minimum absolute atomic E-state index is 0.000774. The summed E-state index contributed by atoms with van der Waals surface area (Å²) >= 11 is 1.47. The highest BCUT2D eigenvalue weighted by atomic mass is 32.2.